The summed E-state index contributed by atoms with van der Waals surface area (Å²) in [5, 5.41) is 27.5. The van der Waals surface area contributed by atoms with Crippen LogP contribution in [0, 0.1) is 0 Å². The molecule has 1 saturated carbocycles. The Kier molecular flexibility index (Phi) is 24.5. The number of hydrogen-bond donors (Lipinski definition) is 16. The number of aromatic hydroxyl groups is 1. The molecule has 20 N–H and O–H groups in total. The van der Waals surface area contributed by atoms with Gasteiger partial charge in [0.2, 0.25) is 65.0 Å². The molecule has 1 aromatic rings. The van der Waals surface area contributed by atoms with Gasteiger partial charge in [0, 0.05) is 37.4 Å². The Hall–Kier alpha value is -6.88. The first-order chi connectivity index (χ1) is 34.5. The zero-order chi connectivity index (χ0) is 54.4. The van der Waals surface area contributed by atoms with E-state index in [0.717, 1.165) is 0 Å². The van der Waals surface area contributed by atoms with Crippen molar-refractivity contribution in [2.24, 2.45) is 39.4 Å². The first kappa shape index (κ1) is 60.4. The number of rotatable bonds is 29. The van der Waals surface area contributed by atoms with Crippen LogP contribution in [0.4, 0.5) is 0 Å². The number of nitrogens with one attached hydrogen (secondary N) is 7. The molecule has 0 bridgehead atoms. The van der Waals surface area contributed by atoms with Gasteiger partial charge in [-0.1, -0.05) is 31.4 Å². The van der Waals surface area contributed by atoms with Gasteiger partial charge in [-0.3, -0.25) is 57.7 Å². The van der Waals surface area contributed by atoms with Gasteiger partial charge in [0.1, 0.15) is 47.5 Å². The lowest BCUT2D eigenvalue weighted by Gasteiger charge is -2.38. The summed E-state index contributed by atoms with van der Waals surface area (Å²) in [7, 11) is 0. The Morgan fingerprint density at radius 1 is 0.685 bits per heavy atom. The quantitative estimate of drug-likeness (QED) is 0.0154. The van der Waals surface area contributed by atoms with Gasteiger partial charge in [0.05, 0.1) is 19.0 Å². The molecule has 29 heteroatoms. The summed E-state index contributed by atoms with van der Waals surface area (Å²) in [6.45, 7) is -0.362. The number of benzene rings is 1. The number of thiol groups is 2. The van der Waals surface area contributed by atoms with Crippen LogP contribution in [0.15, 0.2) is 29.3 Å². The number of likely N-dealkylation sites (tertiary alicyclic amines) is 1. The fraction of sp³-hybridized carbons (Fsp3) is 0.591. The van der Waals surface area contributed by atoms with Crippen LogP contribution in [-0.4, -0.2) is 160 Å². The molecule has 404 valence electrons. The maximum atomic E-state index is 14.4. The molecule has 0 spiro atoms. The molecule has 73 heavy (non-hydrogen) atoms. The van der Waals surface area contributed by atoms with Gasteiger partial charge in [-0.2, -0.15) is 25.3 Å². The minimum absolute atomic E-state index is 0.0259. The van der Waals surface area contributed by atoms with E-state index in [-0.39, 0.29) is 74.8 Å². The highest BCUT2D eigenvalue weighted by Gasteiger charge is 2.45. The molecule has 1 aliphatic carbocycles. The normalized spacial score (nSPS) is 17.4. The number of carbonyl (C=O) groups is 11. The van der Waals surface area contributed by atoms with E-state index < -0.39 is 139 Å². The maximum absolute atomic E-state index is 14.4. The highest BCUT2D eigenvalue weighted by atomic mass is 32.1. The van der Waals surface area contributed by atoms with Crippen molar-refractivity contribution in [3.8, 4) is 5.75 Å². The number of hydrogen-bond acceptors (Lipinski definition) is 16. The summed E-state index contributed by atoms with van der Waals surface area (Å²) in [5.74, 6) is -10.1. The van der Waals surface area contributed by atoms with Crippen LogP contribution in [0.5, 0.6) is 5.75 Å². The van der Waals surface area contributed by atoms with E-state index >= 15 is 0 Å². The zero-order valence-electron chi connectivity index (χ0n) is 40.3. The van der Waals surface area contributed by atoms with Gasteiger partial charge in [0.15, 0.2) is 5.96 Å². The molecule has 27 nitrogen and oxygen atoms in total. The lowest BCUT2D eigenvalue weighted by atomic mass is 9.80. The standard InChI is InChI=1S/C44H69N15O12S2/c45-25(21-72)35(64)54-28(18-23-8-10-24(60)11-9-23)39(68)58-44(14-2-1-3-15-44)42(71)57-27(12-13-32(46)61)37(66)55-29(19-33(47)62)38(67)56-30(22-73)41(70)59-17-5-7-31(59)40(69)53-26(6-4-16-51-43(49)50)36(65)52-20-34(48)63/h8-11,25-31,60,72-73H,1-7,12-22,45H2,(H2,46,61)(H2,47,62)(H2,48,63)(H,52,65)(H,53,69)(H,54,64)(H,55,66)(H,56,67)(H,57,71)(H,58,68)(H4,49,50,51)/t25-,26+,27-,28-,29-,30-,31-/m0/s1. The molecular formula is C44H69N15O12S2. The van der Waals surface area contributed by atoms with Crippen LogP contribution in [0.1, 0.15) is 82.6 Å². The largest absolute Gasteiger partial charge is 0.508 e. The predicted octanol–water partition coefficient (Wildman–Crippen LogP) is -5.85. The SMILES string of the molecule is NC(=O)CC[C@H](NC(=O)C1(NC(=O)[C@H](Cc2ccc(O)cc2)NC(=O)[C@@H](N)CS)CCCCC1)C(=O)N[C@@H](CC(N)=O)C(=O)N[C@@H](CS)C(=O)N1CCC[C@H]1C(=O)N[C@H](CCCN=C(N)N)C(=O)NCC(N)=O. The third-order valence-electron chi connectivity index (χ3n) is 12.0. The minimum Gasteiger partial charge on any atom is -0.508 e. The number of nitrogens with two attached hydrogens (primary N) is 6. The summed E-state index contributed by atoms with van der Waals surface area (Å²) >= 11 is 8.31. The number of aliphatic imine (C=N–C) groups is 1. The van der Waals surface area contributed by atoms with E-state index in [4.69, 9.17) is 34.4 Å². The van der Waals surface area contributed by atoms with Crippen molar-refractivity contribution < 1.29 is 57.8 Å². The van der Waals surface area contributed by atoms with Gasteiger partial charge < -0.3 is 81.6 Å². The number of guanidine groups is 1. The summed E-state index contributed by atoms with van der Waals surface area (Å²) in [6.07, 6.45) is 0.761. The maximum Gasteiger partial charge on any atom is 0.246 e. The molecule has 0 unspecified atom stereocenters. The van der Waals surface area contributed by atoms with E-state index in [9.17, 15) is 57.8 Å². The summed E-state index contributed by atoms with van der Waals surface area (Å²) in [6, 6.07) is -3.68. The molecule has 3 rings (SSSR count). The zero-order valence-corrected chi connectivity index (χ0v) is 42.1. The van der Waals surface area contributed by atoms with Gasteiger partial charge in [-0.15, -0.1) is 0 Å². The molecular weight excluding hydrogens is 995 g/mol. The summed E-state index contributed by atoms with van der Waals surface area (Å²) < 4.78 is 0. The fourth-order valence-electron chi connectivity index (χ4n) is 8.16. The number of amides is 11. The second-order valence-electron chi connectivity index (χ2n) is 17.7. The Balaban J connectivity index is 1.84. The van der Waals surface area contributed by atoms with Gasteiger partial charge >= 0.3 is 0 Å². The van der Waals surface area contributed by atoms with Crippen molar-refractivity contribution in [2.75, 3.05) is 31.1 Å². The van der Waals surface area contributed by atoms with Crippen LogP contribution in [-0.2, 0) is 59.2 Å². The van der Waals surface area contributed by atoms with Gasteiger partial charge in [0.25, 0.3) is 0 Å². The fourth-order valence-corrected chi connectivity index (χ4v) is 8.57. The molecule has 11 amide bonds. The number of nitrogens with zero attached hydrogens (tertiary/aromatic N) is 2. The predicted molar refractivity (Wildman–Crippen MR) is 270 cm³/mol. The van der Waals surface area contributed by atoms with Crippen molar-refractivity contribution in [3.63, 3.8) is 0 Å². The van der Waals surface area contributed by atoms with Crippen LogP contribution < -0.4 is 71.6 Å². The highest BCUT2D eigenvalue weighted by molar-refractivity contribution is 7.80. The van der Waals surface area contributed by atoms with Gasteiger partial charge in [-0.25, -0.2) is 0 Å². The minimum atomic E-state index is -1.78. The highest BCUT2D eigenvalue weighted by Crippen LogP contribution is 2.29. The lowest BCUT2D eigenvalue weighted by molar-refractivity contribution is -0.142. The first-order valence-electron chi connectivity index (χ1n) is 23.6. The van der Waals surface area contributed by atoms with Crippen LogP contribution >= 0.6 is 25.3 Å². The molecule has 1 aromatic carbocycles. The number of carbonyl (C=O) groups excluding carboxylic acids is 11. The van der Waals surface area contributed by atoms with E-state index in [2.05, 4.69) is 67.5 Å². The molecule has 2 fully saturated rings. The smallest absolute Gasteiger partial charge is 0.246 e. The van der Waals surface area contributed by atoms with Gasteiger partial charge in [-0.05, 0) is 62.6 Å². The lowest BCUT2D eigenvalue weighted by Crippen LogP contribution is -2.66. The third kappa shape index (κ3) is 19.6. The Bertz CT molecular complexity index is 2190. The average molecular weight is 1060 g/mol. The molecule has 0 aromatic heterocycles. The van der Waals surface area contributed by atoms with Crippen molar-refractivity contribution in [1.82, 2.24) is 42.1 Å². The number of primary amides is 3. The van der Waals surface area contributed by atoms with Crippen LogP contribution in [0.25, 0.3) is 0 Å². The second kappa shape index (κ2) is 29.6. The summed E-state index contributed by atoms with van der Waals surface area (Å²) in [4.78, 5) is 151. The number of phenolic OH excluding ortho intramolecular Hbond substituents is 1. The summed E-state index contributed by atoms with van der Waals surface area (Å²) in [5.41, 5.74) is 31.6. The Morgan fingerprint density at radius 3 is 1.89 bits per heavy atom. The van der Waals surface area contributed by atoms with Crippen molar-refractivity contribution >= 4 is 96.2 Å². The molecule has 1 heterocycles. The molecule has 1 saturated heterocycles. The van der Waals surface area contributed by atoms with Crippen molar-refractivity contribution in [3.05, 3.63) is 29.8 Å². The van der Waals surface area contributed by atoms with Crippen LogP contribution in [0.3, 0.4) is 0 Å². The van der Waals surface area contributed by atoms with Crippen LogP contribution in [0.2, 0.25) is 0 Å². The van der Waals surface area contributed by atoms with E-state index in [1.54, 1.807) is 12.1 Å². The third-order valence-corrected chi connectivity index (χ3v) is 12.8. The van der Waals surface area contributed by atoms with Crippen molar-refractivity contribution in [1.29, 1.82) is 0 Å². The van der Waals surface area contributed by atoms with E-state index in [1.165, 1.54) is 17.0 Å². The van der Waals surface area contributed by atoms with Crippen molar-refractivity contribution in [2.45, 2.75) is 131 Å². The van der Waals surface area contributed by atoms with E-state index in [0.29, 0.717) is 31.2 Å². The average Bonchev–Trinajstić information content (AvgIpc) is 3.84. The molecule has 7 atom stereocenters. The first-order valence-corrected chi connectivity index (χ1v) is 24.8. The topological polar surface area (TPSA) is 464 Å². The Labute approximate surface area is 432 Å². The molecule has 1 aliphatic heterocycles. The molecule has 2 aliphatic rings. The number of phenols is 1. The second-order valence-corrected chi connectivity index (χ2v) is 18.5. The Morgan fingerprint density at radius 2 is 1.30 bits per heavy atom. The van der Waals surface area contributed by atoms with E-state index in [1.807, 2.05) is 0 Å². The monoisotopic (exact) mass is 1060 g/mol. The molecule has 0 radical (unpaired) electrons.